The highest BCUT2D eigenvalue weighted by Gasteiger charge is 2.14. The summed E-state index contributed by atoms with van der Waals surface area (Å²) in [6.07, 6.45) is 1.25. The van der Waals surface area contributed by atoms with Gasteiger partial charge in [0.05, 0.1) is 0 Å². The minimum atomic E-state index is 0.422. The molecule has 2 heteroatoms. The van der Waals surface area contributed by atoms with Gasteiger partial charge in [-0.2, -0.15) is 0 Å². The SMILES string of the molecule is CCNC(CN(C)CC(C)CC)c1ccc(C(C)C)cc1. The van der Waals surface area contributed by atoms with Crippen molar-refractivity contribution < 1.29 is 0 Å². The number of hydrogen-bond donors (Lipinski definition) is 1. The zero-order valence-electron chi connectivity index (χ0n) is 14.8. The molecule has 0 amide bonds. The number of rotatable bonds is 9. The van der Waals surface area contributed by atoms with Crippen molar-refractivity contribution in [3.63, 3.8) is 0 Å². The Morgan fingerprint density at radius 3 is 2.00 bits per heavy atom. The lowest BCUT2D eigenvalue weighted by Gasteiger charge is -2.27. The summed E-state index contributed by atoms with van der Waals surface area (Å²) in [5.41, 5.74) is 2.82. The molecule has 0 aromatic heterocycles. The number of nitrogens with one attached hydrogen (secondary N) is 1. The van der Waals surface area contributed by atoms with Gasteiger partial charge in [0.2, 0.25) is 0 Å². The molecule has 1 rings (SSSR count). The van der Waals surface area contributed by atoms with E-state index in [0.29, 0.717) is 12.0 Å². The van der Waals surface area contributed by atoms with Gasteiger partial charge in [-0.25, -0.2) is 0 Å². The molecule has 2 atom stereocenters. The highest BCUT2D eigenvalue weighted by atomic mass is 15.1. The first-order valence-corrected chi connectivity index (χ1v) is 8.49. The average molecular weight is 290 g/mol. The van der Waals surface area contributed by atoms with Crippen LogP contribution in [0, 0.1) is 5.92 Å². The highest BCUT2D eigenvalue weighted by Crippen LogP contribution is 2.20. The van der Waals surface area contributed by atoms with Gasteiger partial charge in [-0.05, 0) is 36.6 Å². The van der Waals surface area contributed by atoms with Crippen LogP contribution in [0.4, 0.5) is 0 Å². The van der Waals surface area contributed by atoms with Crippen LogP contribution in [0.15, 0.2) is 24.3 Å². The van der Waals surface area contributed by atoms with Crippen molar-refractivity contribution in [2.24, 2.45) is 5.92 Å². The van der Waals surface area contributed by atoms with Crippen LogP contribution in [-0.4, -0.2) is 31.6 Å². The van der Waals surface area contributed by atoms with Crippen LogP contribution in [0.1, 0.15) is 64.1 Å². The number of likely N-dealkylation sites (N-methyl/N-ethyl adjacent to an activating group) is 2. The minimum Gasteiger partial charge on any atom is -0.309 e. The van der Waals surface area contributed by atoms with Crippen molar-refractivity contribution >= 4 is 0 Å². The van der Waals surface area contributed by atoms with Crippen LogP contribution in [-0.2, 0) is 0 Å². The van der Waals surface area contributed by atoms with Gasteiger partial charge >= 0.3 is 0 Å². The van der Waals surface area contributed by atoms with E-state index in [4.69, 9.17) is 0 Å². The zero-order valence-corrected chi connectivity index (χ0v) is 14.8. The molecule has 1 aromatic carbocycles. The Bertz CT molecular complexity index is 383. The van der Waals surface area contributed by atoms with E-state index >= 15 is 0 Å². The monoisotopic (exact) mass is 290 g/mol. The lowest BCUT2D eigenvalue weighted by Crippen LogP contribution is -2.35. The van der Waals surface area contributed by atoms with Crippen LogP contribution in [0.3, 0.4) is 0 Å². The Kier molecular flexibility index (Phi) is 7.98. The molecule has 0 heterocycles. The summed E-state index contributed by atoms with van der Waals surface area (Å²) < 4.78 is 0. The molecular weight excluding hydrogens is 256 g/mol. The summed E-state index contributed by atoms with van der Waals surface area (Å²) >= 11 is 0. The zero-order chi connectivity index (χ0) is 15.8. The van der Waals surface area contributed by atoms with E-state index in [2.05, 4.69) is 76.1 Å². The lowest BCUT2D eigenvalue weighted by atomic mass is 9.98. The van der Waals surface area contributed by atoms with Gasteiger partial charge in [0, 0.05) is 19.1 Å². The molecular formula is C19H34N2. The maximum atomic E-state index is 3.63. The molecule has 1 N–H and O–H groups in total. The number of benzene rings is 1. The fourth-order valence-corrected chi connectivity index (χ4v) is 2.69. The highest BCUT2D eigenvalue weighted by molar-refractivity contribution is 5.27. The Morgan fingerprint density at radius 2 is 1.52 bits per heavy atom. The topological polar surface area (TPSA) is 15.3 Å². The predicted octanol–water partition coefficient (Wildman–Crippen LogP) is 4.44. The van der Waals surface area contributed by atoms with Gasteiger partial charge < -0.3 is 10.2 Å². The quantitative estimate of drug-likeness (QED) is 0.723. The van der Waals surface area contributed by atoms with E-state index < -0.39 is 0 Å². The second kappa shape index (κ2) is 9.22. The van der Waals surface area contributed by atoms with E-state index in [1.54, 1.807) is 0 Å². The molecule has 0 bridgehead atoms. The normalized spacial score (nSPS) is 14.7. The van der Waals surface area contributed by atoms with Crippen molar-refractivity contribution in [2.45, 2.75) is 53.0 Å². The Morgan fingerprint density at radius 1 is 0.952 bits per heavy atom. The van der Waals surface area contributed by atoms with Crippen molar-refractivity contribution in [1.29, 1.82) is 0 Å². The first kappa shape index (κ1) is 18.2. The molecule has 0 fully saturated rings. The molecule has 1 aromatic rings. The lowest BCUT2D eigenvalue weighted by molar-refractivity contribution is 0.253. The molecule has 0 saturated heterocycles. The van der Waals surface area contributed by atoms with Gasteiger partial charge in [0.1, 0.15) is 0 Å². The smallest absolute Gasteiger partial charge is 0.0449 e. The molecule has 0 spiro atoms. The molecule has 0 aliphatic carbocycles. The fourth-order valence-electron chi connectivity index (χ4n) is 2.69. The fraction of sp³-hybridized carbons (Fsp3) is 0.684. The molecule has 0 saturated carbocycles. The summed E-state index contributed by atoms with van der Waals surface area (Å²) in [4.78, 5) is 2.46. The van der Waals surface area contributed by atoms with Crippen LogP contribution < -0.4 is 5.32 Å². The molecule has 120 valence electrons. The van der Waals surface area contributed by atoms with E-state index in [1.807, 2.05) is 0 Å². The van der Waals surface area contributed by atoms with Crippen molar-refractivity contribution in [3.8, 4) is 0 Å². The van der Waals surface area contributed by atoms with Crippen molar-refractivity contribution in [3.05, 3.63) is 35.4 Å². The third-order valence-electron chi connectivity index (χ3n) is 4.27. The summed E-state index contributed by atoms with van der Waals surface area (Å²) in [6, 6.07) is 9.56. The second-order valence-corrected chi connectivity index (χ2v) is 6.67. The van der Waals surface area contributed by atoms with E-state index in [0.717, 1.165) is 19.0 Å². The van der Waals surface area contributed by atoms with Gasteiger partial charge in [0.25, 0.3) is 0 Å². The van der Waals surface area contributed by atoms with E-state index in [1.165, 1.54) is 24.1 Å². The van der Waals surface area contributed by atoms with Gasteiger partial charge in [-0.3, -0.25) is 0 Å². The molecule has 2 nitrogen and oxygen atoms in total. The summed E-state index contributed by atoms with van der Waals surface area (Å²) in [5.74, 6) is 1.37. The Hall–Kier alpha value is -0.860. The van der Waals surface area contributed by atoms with E-state index in [-0.39, 0.29) is 0 Å². The van der Waals surface area contributed by atoms with Crippen molar-refractivity contribution in [1.82, 2.24) is 10.2 Å². The standard InChI is InChI=1S/C19H34N2/c1-7-16(5)13-21(6)14-19(20-8-2)18-11-9-17(10-12-18)15(3)4/h9-12,15-16,19-20H,7-8,13-14H2,1-6H3. The average Bonchev–Trinajstić information content (AvgIpc) is 2.46. The van der Waals surface area contributed by atoms with Crippen LogP contribution >= 0.6 is 0 Å². The predicted molar refractivity (Wildman–Crippen MR) is 93.9 cm³/mol. The van der Waals surface area contributed by atoms with E-state index in [9.17, 15) is 0 Å². The number of nitrogens with zero attached hydrogens (tertiary/aromatic N) is 1. The first-order chi connectivity index (χ1) is 9.97. The molecule has 2 unspecified atom stereocenters. The molecule has 0 radical (unpaired) electrons. The maximum Gasteiger partial charge on any atom is 0.0449 e. The Balaban J connectivity index is 2.71. The largest absolute Gasteiger partial charge is 0.309 e. The van der Waals surface area contributed by atoms with Crippen molar-refractivity contribution in [2.75, 3.05) is 26.7 Å². The molecule has 0 aliphatic rings. The van der Waals surface area contributed by atoms with Gasteiger partial charge in [-0.15, -0.1) is 0 Å². The summed E-state index contributed by atoms with van der Waals surface area (Å²) in [5, 5.41) is 3.63. The summed E-state index contributed by atoms with van der Waals surface area (Å²) in [6.45, 7) is 14.5. The van der Waals surface area contributed by atoms with Crippen LogP contribution in [0.2, 0.25) is 0 Å². The van der Waals surface area contributed by atoms with Crippen LogP contribution in [0.5, 0.6) is 0 Å². The maximum absolute atomic E-state index is 3.63. The van der Waals surface area contributed by atoms with Gasteiger partial charge in [0.15, 0.2) is 0 Å². The third kappa shape index (κ3) is 6.19. The molecule has 0 aliphatic heterocycles. The van der Waals surface area contributed by atoms with Crippen LogP contribution in [0.25, 0.3) is 0 Å². The second-order valence-electron chi connectivity index (χ2n) is 6.67. The summed E-state index contributed by atoms with van der Waals surface area (Å²) in [7, 11) is 2.24. The number of hydrogen-bond acceptors (Lipinski definition) is 2. The minimum absolute atomic E-state index is 0.422. The first-order valence-electron chi connectivity index (χ1n) is 8.49. The van der Waals surface area contributed by atoms with Gasteiger partial charge in [-0.1, -0.05) is 65.3 Å². The molecule has 21 heavy (non-hydrogen) atoms. The Labute approximate surface area is 131 Å². The third-order valence-corrected chi connectivity index (χ3v) is 4.27.